The van der Waals surface area contributed by atoms with E-state index in [0.717, 1.165) is 10.8 Å². The number of ether oxygens (including phenoxy) is 1. The third-order valence-corrected chi connectivity index (χ3v) is 3.71. The first-order chi connectivity index (χ1) is 12.0. The standard InChI is InChI=1S/C18H14N2O5/c1-25-15-9-5-3-7-13(15)19-18(24)20-10-12(17(22)23)16(21)11-6-2-4-8-14(11)20/h2-10H,1H3,(H,19,24)(H,22,23). The van der Waals surface area contributed by atoms with Crippen LogP contribution in [-0.4, -0.2) is 28.8 Å². The smallest absolute Gasteiger partial charge is 0.341 e. The zero-order valence-corrected chi connectivity index (χ0v) is 13.2. The van der Waals surface area contributed by atoms with Crippen LogP contribution in [0.5, 0.6) is 5.75 Å². The molecule has 126 valence electrons. The second-order valence-electron chi connectivity index (χ2n) is 5.19. The fourth-order valence-electron chi connectivity index (χ4n) is 2.52. The van der Waals surface area contributed by atoms with Gasteiger partial charge in [-0.15, -0.1) is 0 Å². The molecule has 0 aliphatic rings. The minimum Gasteiger partial charge on any atom is -0.495 e. The first kappa shape index (κ1) is 16.3. The maximum absolute atomic E-state index is 12.7. The highest BCUT2D eigenvalue weighted by Gasteiger charge is 2.18. The van der Waals surface area contributed by atoms with E-state index in [0.29, 0.717) is 17.0 Å². The van der Waals surface area contributed by atoms with Gasteiger partial charge in [-0.2, -0.15) is 0 Å². The average Bonchev–Trinajstić information content (AvgIpc) is 2.62. The number of nitrogens with one attached hydrogen (secondary N) is 1. The third kappa shape index (κ3) is 2.94. The number of fused-ring (bicyclic) bond motifs is 1. The van der Waals surface area contributed by atoms with Gasteiger partial charge in [0.25, 0.3) is 0 Å². The van der Waals surface area contributed by atoms with Crippen molar-refractivity contribution < 1.29 is 19.4 Å². The van der Waals surface area contributed by atoms with E-state index in [2.05, 4.69) is 5.32 Å². The third-order valence-electron chi connectivity index (χ3n) is 3.71. The first-order valence-corrected chi connectivity index (χ1v) is 7.35. The van der Waals surface area contributed by atoms with Gasteiger partial charge in [-0.25, -0.2) is 9.59 Å². The zero-order valence-electron chi connectivity index (χ0n) is 13.2. The van der Waals surface area contributed by atoms with Crippen LogP contribution in [0.25, 0.3) is 10.9 Å². The summed E-state index contributed by atoms with van der Waals surface area (Å²) in [6.07, 6.45) is 1.03. The number of benzene rings is 2. The Morgan fingerprint density at radius 3 is 2.48 bits per heavy atom. The Balaban J connectivity index is 2.14. The quantitative estimate of drug-likeness (QED) is 0.765. The van der Waals surface area contributed by atoms with Crippen molar-refractivity contribution in [3.05, 3.63) is 70.5 Å². The molecule has 0 saturated heterocycles. The summed E-state index contributed by atoms with van der Waals surface area (Å²) in [5.74, 6) is -0.936. The summed E-state index contributed by atoms with van der Waals surface area (Å²) in [5, 5.41) is 12.0. The number of hydrogen-bond acceptors (Lipinski definition) is 4. The summed E-state index contributed by atoms with van der Waals surface area (Å²) in [4.78, 5) is 36.3. The number of rotatable bonds is 3. The van der Waals surface area contributed by atoms with Crippen LogP contribution in [0.1, 0.15) is 10.4 Å². The molecule has 0 saturated carbocycles. The van der Waals surface area contributed by atoms with Gasteiger partial charge in [0.1, 0.15) is 11.3 Å². The minimum absolute atomic E-state index is 0.151. The number of anilines is 1. The Morgan fingerprint density at radius 1 is 1.08 bits per heavy atom. The Morgan fingerprint density at radius 2 is 1.76 bits per heavy atom. The van der Waals surface area contributed by atoms with Crippen LogP contribution in [0.15, 0.2) is 59.5 Å². The van der Waals surface area contributed by atoms with Crippen molar-refractivity contribution in [2.45, 2.75) is 0 Å². The molecule has 0 unspecified atom stereocenters. The van der Waals surface area contributed by atoms with Gasteiger partial charge < -0.3 is 15.2 Å². The van der Waals surface area contributed by atoms with E-state index in [1.165, 1.54) is 13.2 Å². The lowest BCUT2D eigenvalue weighted by molar-refractivity contribution is 0.0695. The van der Waals surface area contributed by atoms with Crippen molar-refractivity contribution in [1.29, 1.82) is 0 Å². The summed E-state index contributed by atoms with van der Waals surface area (Å²) in [7, 11) is 1.47. The Hall–Kier alpha value is -3.61. The Bertz CT molecular complexity index is 1040. The Kier molecular flexibility index (Phi) is 4.21. The highest BCUT2D eigenvalue weighted by Crippen LogP contribution is 2.23. The predicted molar refractivity (Wildman–Crippen MR) is 92.6 cm³/mol. The number of para-hydroxylation sites is 3. The van der Waals surface area contributed by atoms with E-state index < -0.39 is 23.0 Å². The summed E-state index contributed by atoms with van der Waals surface area (Å²) < 4.78 is 6.29. The first-order valence-electron chi connectivity index (χ1n) is 7.35. The monoisotopic (exact) mass is 338 g/mol. The molecule has 0 radical (unpaired) electrons. The predicted octanol–water partition coefficient (Wildman–Crippen LogP) is 2.79. The summed E-state index contributed by atoms with van der Waals surface area (Å²) in [6, 6.07) is 12.5. The maximum atomic E-state index is 12.7. The molecular weight excluding hydrogens is 324 g/mol. The fourth-order valence-corrected chi connectivity index (χ4v) is 2.52. The number of aromatic carboxylic acids is 1. The van der Waals surface area contributed by atoms with Crippen molar-refractivity contribution in [3.8, 4) is 5.75 Å². The molecule has 1 amide bonds. The molecule has 2 N–H and O–H groups in total. The lowest BCUT2D eigenvalue weighted by atomic mass is 10.1. The number of aromatic nitrogens is 1. The van der Waals surface area contributed by atoms with Gasteiger partial charge >= 0.3 is 12.0 Å². The average molecular weight is 338 g/mol. The zero-order chi connectivity index (χ0) is 18.0. The molecule has 0 atom stereocenters. The summed E-state index contributed by atoms with van der Waals surface area (Å²) in [5.41, 5.74) is -0.377. The van der Waals surface area contributed by atoms with Crippen molar-refractivity contribution in [2.75, 3.05) is 12.4 Å². The molecule has 0 aliphatic heterocycles. The van der Waals surface area contributed by atoms with Gasteiger partial charge in [-0.3, -0.25) is 9.36 Å². The van der Waals surface area contributed by atoms with Gasteiger partial charge in [0.15, 0.2) is 0 Å². The number of pyridine rings is 1. The molecule has 0 bridgehead atoms. The number of methoxy groups -OCH3 is 1. The molecule has 7 nitrogen and oxygen atoms in total. The largest absolute Gasteiger partial charge is 0.495 e. The molecule has 3 aromatic rings. The van der Waals surface area contributed by atoms with Crippen molar-refractivity contribution in [2.24, 2.45) is 0 Å². The molecule has 0 fully saturated rings. The van der Waals surface area contributed by atoms with Crippen LogP contribution in [0.4, 0.5) is 10.5 Å². The van der Waals surface area contributed by atoms with Crippen LogP contribution in [0.2, 0.25) is 0 Å². The minimum atomic E-state index is -1.39. The second-order valence-corrected chi connectivity index (χ2v) is 5.19. The molecule has 0 spiro atoms. The number of hydrogen-bond donors (Lipinski definition) is 2. The number of carboxylic acids is 1. The Labute approximate surface area is 142 Å². The van der Waals surface area contributed by atoms with E-state index in [9.17, 15) is 19.5 Å². The molecule has 25 heavy (non-hydrogen) atoms. The topological polar surface area (TPSA) is 97.6 Å². The molecule has 0 aliphatic carbocycles. The lowest BCUT2D eigenvalue weighted by Gasteiger charge is -2.14. The van der Waals surface area contributed by atoms with E-state index in [-0.39, 0.29) is 5.39 Å². The summed E-state index contributed by atoms with van der Waals surface area (Å²) >= 11 is 0. The van der Waals surface area contributed by atoms with Crippen LogP contribution >= 0.6 is 0 Å². The van der Waals surface area contributed by atoms with Gasteiger partial charge in [0.2, 0.25) is 5.43 Å². The number of carboxylic acid groups (broad SMARTS) is 1. The highest BCUT2D eigenvalue weighted by atomic mass is 16.5. The van der Waals surface area contributed by atoms with Gasteiger partial charge in [-0.1, -0.05) is 24.3 Å². The van der Waals surface area contributed by atoms with Crippen molar-refractivity contribution in [3.63, 3.8) is 0 Å². The van der Waals surface area contributed by atoms with Crippen LogP contribution in [-0.2, 0) is 0 Å². The van der Waals surface area contributed by atoms with Crippen molar-refractivity contribution >= 4 is 28.6 Å². The number of carbonyl (C=O) groups excluding carboxylic acids is 1. The molecule has 1 aromatic heterocycles. The molecule has 1 heterocycles. The van der Waals surface area contributed by atoms with Gasteiger partial charge in [-0.05, 0) is 24.3 Å². The second kappa shape index (κ2) is 6.48. The van der Waals surface area contributed by atoms with Gasteiger partial charge in [0.05, 0.1) is 18.3 Å². The molecule has 3 rings (SSSR count). The normalized spacial score (nSPS) is 10.4. The van der Waals surface area contributed by atoms with E-state index >= 15 is 0 Å². The van der Waals surface area contributed by atoms with Crippen molar-refractivity contribution in [1.82, 2.24) is 4.57 Å². The van der Waals surface area contributed by atoms with Crippen LogP contribution in [0.3, 0.4) is 0 Å². The molecule has 2 aromatic carbocycles. The van der Waals surface area contributed by atoms with E-state index in [1.807, 2.05) is 0 Å². The van der Waals surface area contributed by atoms with E-state index in [4.69, 9.17) is 4.74 Å². The fraction of sp³-hybridized carbons (Fsp3) is 0.0556. The lowest BCUT2D eigenvalue weighted by Crippen LogP contribution is -2.25. The molecule has 7 heteroatoms. The SMILES string of the molecule is COc1ccccc1NC(=O)n1cc(C(=O)O)c(=O)c2ccccc21. The number of carbonyl (C=O) groups is 2. The van der Waals surface area contributed by atoms with Crippen LogP contribution < -0.4 is 15.5 Å². The van der Waals surface area contributed by atoms with Gasteiger partial charge in [0, 0.05) is 11.6 Å². The maximum Gasteiger partial charge on any atom is 0.341 e. The highest BCUT2D eigenvalue weighted by molar-refractivity contribution is 6.01. The number of amides is 1. The van der Waals surface area contributed by atoms with Crippen LogP contribution in [0, 0.1) is 0 Å². The van der Waals surface area contributed by atoms with E-state index in [1.54, 1.807) is 42.5 Å². The molecular formula is C18H14N2O5. The number of nitrogens with zero attached hydrogens (tertiary/aromatic N) is 1. The summed E-state index contributed by atoms with van der Waals surface area (Å²) in [6.45, 7) is 0.